The van der Waals surface area contributed by atoms with Crippen LogP contribution in [0.5, 0.6) is 0 Å². The van der Waals surface area contributed by atoms with Crippen LogP contribution in [0.25, 0.3) is 0 Å². The SMILES string of the molecule is CCC(C)c1c(C#N)ccc(C(C)CC2CC2)c1N. The van der Waals surface area contributed by atoms with Gasteiger partial charge in [-0.25, -0.2) is 0 Å². The number of benzene rings is 1. The second-order valence-electron chi connectivity index (χ2n) is 6.03. The molecule has 1 aromatic rings. The Kier molecular flexibility index (Phi) is 4.14. The number of nitrogen functional groups attached to an aromatic ring is 1. The van der Waals surface area contributed by atoms with E-state index in [1.54, 1.807) is 0 Å². The van der Waals surface area contributed by atoms with E-state index in [2.05, 4.69) is 32.9 Å². The molecule has 2 unspecified atom stereocenters. The van der Waals surface area contributed by atoms with Crippen molar-refractivity contribution in [3.05, 3.63) is 28.8 Å². The van der Waals surface area contributed by atoms with Gasteiger partial charge in [-0.05, 0) is 47.8 Å². The molecule has 1 aliphatic rings. The second-order valence-corrected chi connectivity index (χ2v) is 6.03. The number of anilines is 1. The van der Waals surface area contributed by atoms with Gasteiger partial charge in [0.2, 0.25) is 0 Å². The third-order valence-corrected chi connectivity index (χ3v) is 4.46. The summed E-state index contributed by atoms with van der Waals surface area (Å²) in [4.78, 5) is 0. The predicted octanol–water partition coefficient (Wildman–Crippen LogP) is 4.56. The van der Waals surface area contributed by atoms with Gasteiger partial charge in [0, 0.05) is 5.69 Å². The molecule has 1 aliphatic carbocycles. The summed E-state index contributed by atoms with van der Waals surface area (Å²) in [6.45, 7) is 6.56. The maximum absolute atomic E-state index is 9.27. The van der Waals surface area contributed by atoms with E-state index >= 15 is 0 Å². The Morgan fingerprint density at radius 1 is 1.32 bits per heavy atom. The van der Waals surface area contributed by atoms with Crippen LogP contribution in [-0.4, -0.2) is 0 Å². The highest BCUT2D eigenvalue weighted by atomic mass is 14.6. The zero-order valence-corrected chi connectivity index (χ0v) is 12.2. The monoisotopic (exact) mass is 256 g/mol. The van der Waals surface area contributed by atoms with Gasteiger partial charge in [-0.15, -0.1) is 0 Å². The van der Waals surface area contributed by atoms with E-state index in [0.29, 0.717) is 11.8 Å². The Hall–Kier alpha value is -1.49. The summed E-state index contributed by atoms with van der Waals surface area (Å²) < 4.78 is 0. The molecule has 0 radical (unpaired) electrons. The minimum atomic E-state index is 0.350. The number of nitrogens with two attached hydrogens (primary N) is 1. The van der Waals surface area contributed by atoms with Gasteiger partial charge in [-0.2, -0.15) is 5.26 Å². The molecule has 2 nitrogen and oxygen atoms in total. The molecule has 0 heterocycles. The number of hydrogen-bond donors (Lipinski definition) is 1. The van der Waals surface area contributed by atoms with Crippen molar-refractivity contribution in [1.82, 2.24) is 0 Å². The molecule has 0 aromatic heterocycles. The van der Waals surface area contributed by atoms with Crippen molar-refractivity contribution >= 4 is 5.69 Å². The molecule has 0 aliphatic heterocycles. The highest BCUT2D eigenvalue weighted by Gasteiger charge is 2.26. The summed E-state index contributed by atoms with van der Waals surface area (Å²) in [6, 6.07) is 6.31. The Bertz CT molecular complexity index is 495. The molecule has 102 valence electrons. The van der Waals surface area contributed by atoms with Gasteiger partial charge in [0.25, 0.3) is 0 Å². The minimum Gasteiger partial charge on any atom is -0.398 e. The van der Waals surface area contributed by atoms with Crippen molar-refractivity contribution in [2.24, 2.45) is 5.92 Å². The second kappa shape index (κ2) is 5.65. The van der Waals surface area contributed by atoms with E-state index in [4.69, 9.17) is 5.73 Å². The number of nitrogens with zero attached hydrogens (tertiary/aromatic N) is 1. The lowest BCUT2D eigenvalue weighted by Crippen LogP contribution is -2.08. The zero-order valence-electron chi connectivity index (χ0n) is 12.2. The molecule has 1 fully saturated rings. The summed E-state index contributed by atoms with van der Waals surface area (Å²) >= 11 is 0. The first-order valence-corrected chi connectivity index (χ1v) is 7.40. The lowest BCUT2D eigenvalue weighted by atomic mass is 9.85. The molecule has 0 amide bonds. The Labute approximate surface area is 116 Å². The maximum atomic E-state index is 9.27. The van der Waals surface area contributed by atoms with Crippen molar-refractivity contribution in [3.63, 3.8) is 0 Å². The summed E-state index contributed by atoms with van der Waals surface area (Å²) in [7, 11) is 0. The van der Waals surface area contributed by atoms with Gasteiger partial charge in [0.15, 0.2) is 0 Å². The molecule has 1 saturated carbocycles. The van der Waals surface area contributed by atoms with Crippen LogP contribution in [0.3, 0.4) is 0 Å². The molecule has 0 saturated heterocycles. The third-order valence-electron chi connectivity index (χ3n) is 4.46. The lowest BCUT2D eigenvalue weighted by molar-refractivity contribution is 0.618. The summed E-state index contributed by atoms with van der Waals surface area (Å²) in [5.74, 6) is 1.75. The average molecular weight is 256 g/mol. The zero-order chi connectivity index (χ0) is 14.0. The van der Waals surface area contributed by atoms with Crippen molar-refractivity contribution in [3.8, 4) is 6.07 Å². The van der Waals surface area contributed by atoms with E-state index in [9.17, 15) is 5.26 Å². The lowest BCUT2D eigenvalue weighted by Gasteiger charge is -2.21. The molecule has 0 spiro atoms. The van der Waals surface area contributed by atoms with E-state index < -0.39 is 0 Å². The molecular formula is C17H24N2. The van der Waals surface area contributed by atoms with E-state index in [-0.39, 0.29) is 0 Å². The average Bonchev–Trinajstić information content (AvgIpc) is 3.21. The number of hydrogen-bond acceptors (Lipinski definition) is 2. The number of nitriles is 1. The van der Waals surface area contributed by atoms with Crippen LogP contribution < -0.4 is 5.73 Å². The quantitative estimate of drug-likeness (QED) is 0.785. The van der Waals surface area contributed by atoms with E-state index in [1.165, 1.54) is 24.8 Å². The fraction of sp³-hybridized carbons (Fsp3) is 0.588. The largest absolute Gasteiger partial charge is 0.398 e. The first kappa shape index (κ1) is 13.9. The Balaban J connectivity index is 2.37. The topological polar surface area (TPSA) is 49.8 Å². The van der Waals surface area contributed by atoms with Gasteiger partial charge >= 0.3 is 0 Å². The van der Waals surface area contributed by atoms with Gasteiger partial charge in [0.05, 0.1) is 11.6 Å². The summed E-state index contributed by atoms with van der Waals surface area (Å²) in [5, 5.41) is 9.27. The smallest absolute Gasteiger partial charge is 0.0995 e. The van der Waals surface area contributed by atoms with Crippen LogP contribution in [0, 0.1) is 17.2 Å². The van der Waals surface area contributed by atoms with Crippen molar-refractivity contribution in [1.29, 1.82) is 5.26 Å². The molecule has 2 N–H and O–H groups in total. The third kappa shape index (κ3) is 2.92. The summed E-state index contributed by atoms with van der Waals surface area (Å²) in [5.41, 5.74) is 10.3. The van der Waals surface area contributed by atoms with Crippen LogP contribution >= 0.6 is 0 Å². The summed E-state index contributed by atoms with van der Waals surface area (Å²) in [6.07, 6.45) is 4.99. The highest BCUT2D eigenvalue weighted by Crippen LogP contribution is 2.41. The van der Waals surface area contributed by atoms with Crippen molar-refractivity contribution < 1.29 is 0 Å². The maximum Gasteiger partial charge on any atom is 0.0995 e. The molecule has 2 heteroatoms. The first-order chi connectivity index (χ1) is 9.08. The van der Waals surface area contributed by atoms with Gasteiger partial charge in [-0.1, -0.05) is 39.7 Å². The fourth-order valence-corrected chi connectivity index (χ4v) is 2.90. The molecule has 0 bridgehead atoms. The van der Waals surface area contributed by atoms with E-state index in [1.807, 2.05) is 6.07 Å². The molecule has 19 heavy (non-hydrogen) atoms. The minimum absolute atomic E-state index is 0.350. The fourth-order valence-electron chi connectivity index (χ4n) is 2.90. The number of rotatable bonds is 5. The van der Waals surface area contributed by atoms with Crippen LogP contribution in [0.4, 0.5) is 5.69 Å². The van der Waals surface area contributed by atoms with Crippen LogP contribution in [0.15, 0.2) is 12.1 Å². The standard InChI is InChI=1S/C17H24N2/c1-4-11(2)16-14(10-18)7-8-15(17(16)19)12(3)9-13-5-6-13/h7-8,11-13H,4-6,9,19H2,1-3H3. The molecule has 1 aromatic carbocycles. The van der Waals surface area contributed by atoms with Gasteiger partial charge in [-0.3, -0.25) is 0 Å². The predicted molar refractivity (Wildman–Crippen MR) is 80.0 cm³/mol. The van der Waals surface area contributed by atoms with Gasteiger partial charge < -0.3 is 5.73 Å². The molecule has 2 atom stereocenters. The Morgan fingerprint density at radius 2 is 2.00 bits per heavy atom. The molecule has 2 rings (SSSR count). The van der Waals surface area contributed by atoms with Crippen molar-refractivity contribution in [2.75, 3.05) is 5.73 Å². The Morgan fingerprint density at radius 3 is 2.53 bits per heavy atom. The van der Waals surface area contributed by atoms with Crippen molar-refractivity contribution in [2.45, 2.75) is 58.3 Å². The van der Waals surface area contributed by atoms with Crippen LogP contribution in [0.2, 0.25) is 0 Å². The highest BCUT2D eigenvalue weighted by molar-refractivity contribution is 5.62. The van der Waals surface area contributed by atoms with Gasteiger partial charge in [0.1, 0.15) is 0 Å². The normalized spacial score (nSPS) is 17.8. The molecular weight excluding hydrogens is 232 g/mol. The van der Waals surface area contributed by atoms with Crippen LogP contribution in [-0.2, 0) is 0 Å². The van der Waals surface area contributed by atoms with Crippen LogP contribution in [0.1, 0.15) is 75.0 Å². The first-order valence-electron chi connectivity index (χ1n) is 7.40. The van der Waals surface area contributed by atoms with E-state index in [0.717, 1.165) is 29.2 Å².